The van der Waals surface area contributed by atoms with Gasteiger partial charge in [0.05, 0.1) is 0 Å². The first-order valence-electron chi connectivity index (χ1n) is 4.75. The zero-order valence-electron chi connectivity index (χ0n) is 7.96. The van der Waals surface area contributed by atoms with Gasteiger partial charge in [-0.25, -0.2) is 8.78 Å². The molecule has 0 radical (unpaired) electrons. The van der Waals surface area contributed by atoms with E-state index >= 15 is 0 Å². The third-order valence-corrected chi connectivity index (χ3v) is 2.93. The molecule has 0 aliphatic rings. The predicted molar refractivity (Wildman–Crippen MR) is 57.0 cm³/mol. The highest BCUT2D eigenvalue weighted by molar-refractivity contribution is 7.99. The van der Waals surface area contributed by atoms with Crippen LogP contribution in [0.3, 0.4) is 0 Å². The summed E-state index contributed by atoms with van der Waals surface area (Å²) >= 11 is 1.73. The molecule has 0 unspecified atom stereocenters. The van der Waals surface area contributed by atoms with Crippen molar-refractivity contribution < 1.29 is 8.78 Å². The number of thioether (sulfide) groups is 1. The van der Waals surface area contributed by atoms with Gasteiger partial charge in [0.25, 0.3) is 0 Å². The Bertz CT molecular complexity index is 236. The Morgan fingerprint density at radius 3 is 2.43 bits per heavy atom. The minimum Gasteiger partial charge on any atom is -0.211 e. The van der Waals surface area contributed by atoms with E-state index in [2.05, 4.69) is 0 Å². The number of alkyl halides is 2. The van der Waals surface area contributed by atoms with Crippen molar-refractivity contribution in [2.45, 2.75) is 30.6 Å². The van der Waals surface area contributed by atoms with Gasteiger partial charge in [-0.1, -0.05) is 18.2 Å². The summed E-state index contributed by atoms with van der Waals surface area (Å²) in [6.07, 6.45) is -0.617. The van der Waals surface area contributed by atoms with E-state index in [-0.39, 0.29) is 6.42 Å². The second kappa shape index (κ2) is 6.82. The average molecular weight is 216 g/mol. The number of hydrogen-bond donors (Lipinski definition) is 0. The minimum absolute atomic E-state index is 0.0371. The zero-order valence-corrected chi connectivity index (χ0v) is 8.77. The van der Waals surface area contributed by atoms with Crippen molar-refractivity contribution in [3.63, 3.8) is 0 Å². The Labute approximate surface area is 87.7 Å². The fourth-order valence-electron chi connectivity index (χ4n) is 1.11. The van der Waals surface area contributed by atoms with E-state index in [1.54, 1.807) is 11.8 Å². The molecule has 3 heteroatoms. The molecule has 0 aliphatic carbocycles. The summed E-state index contributed by atoms with van der Waals surface area (Å²) in [5.74, 6) is 0.927. The van der Waals surface area contributed by atoms with Crippen molar-refractivity contribution in [2.75, 3.05) is 5.75 Å². The summed E-state index contributed by atoms with van der Waals surface area (Å²) < 4.78 is 23.6. The normalized spacial score (nSPS) is 10.8. The van der Waals surface area contributed by atoms with Crippen molar-refractivity contribution in [2.24, 2.45) is 0 Å². The average Bonchev–Trinajstić information content (AvgIpc) is 2.18. The van der Waals surface area contributed by atoms with Crippen LogP contribution in [0, 0.1) is 0 Å². The van der Waals surface area contributed by atoms with Gasteiger partial charge in [0.2, 0.25) is 6.43 Å². The highest BCUT2D eigenvalue weighted by Crippen LogP contribution is 2.19. The van der Waals surface area contributed by atoms with E-state index in [0.29, 0.717) is 6.42 Å². The standard InChI is InChI=1S/C11H14F2S/c12-11(13)8-4-5-9-14-10-6-2-1-3-7-10/h1-3,6-7,11H,4-5,8-9H2. The molecule has 1 rings (SSSR count). The first-order chi connectivity index (χ1) is 6.79. The van der Waals surface area contributed by atoms with Gasteiger partial charge >= 0.3 is 0 Å². The first-order valence-corrected chi connectivity index (χ1v) is 5.73. The van der Waals surface area contributed by atoms with Crippen molar-refractivity contribution in [1.29, 1.82) is 0 Å². The Balaban J connectivity index is 2.05. The number of benzene rings is 1. The van der Waals surface area contributed by atoms with E-state index in [9.17, 15) is 8.78 Å². The molecule has 0 nitrogen and oxygen atoms in total. The Kier molecular flexibility index (Phi) is 5.60. The SMILES string of the molecule is FC(F)CCCCSc1ccccc1. The van der Waals surface area contributed by atoms with E-state index in [1.165, 1.54) is 4.90 Å². The molecule has 1 aromatic rings. The third kappa shape index (κ3) is 5.22. The lowest BCUT2D eigenvalue weighted by molar-refractivity contribution is 0.134. The summed E-state index contributed by atoms with van der Waals surface area (Å²) in [7, 11) is 0. The van der Waals surface area contributed by atoms with Crippen LogP contribution in [-0.4, -0.2) is 12.2 Å². The van der Waals surface area contributed by atoms with Crippen LogP contribution >= 0.6 is 11.8 Å². The van der Waals surface area contributed by atoms with Gasteiger partial charge in [-0.05, 0) is 30.7 Å². The summed E-state index contributed by atoms with van der Waals surface area (Å²) in [4.78, 5) is 1.21. The molecular weight excluding hydrogens is 202 g/mol. The predicted octanol–water partition coefficient (Wildman–Crippen LogP) is 4.21. The maximum Gasteiger partial charge on any atom is 0.238 e. The van der Waals surface area contributed by atoms with Crippen molar-refractivity contribution in [3.8, 4) is 0 Å². The van der Waals surface area contributed by atoms with E-state index in [1.807, 2.05) is 30.3 Å². The van der Waals surface area contributed by atoms with Gasteiger partial charge in [0, 0.05) is 11.3 Å². The van der Waals surface area contributed by atoms with Gasteiger partial charge in [0.1, 0.15) is 0 Å². The lowest BCUT2D eigenvalue weighted by Gasteiger charge is -2.01. The fraction of sp³-hybridized carbons (Fsp3) is 0.455. The maximum absolute atomic E-state index is 11.8. The molecule has 78 valence electrons. The summed E-state index contributed by atoms with van der Waals surface area (Å²) in [5, 5.41) is 0. The monoisotopic (exact) mass is 216 g/mol. The summed E-state index contributed by atoms with van der Waals surface area (Å²) in [6.45, 7) is 0. The molecule has 0 amide bonds. The molecule has 0 spiro atoms. The fourth-order valence-corrected chi connectivity index (χ4v) is 2.04. The molecule has 0 atom stereocenters. The van der Waals surface area contributed by atoms with Crippen LogP contribution in [0.1, 0.15) is 19.3 Å². The van der Waals surface area contributed by atoms with Crippen LogP contribution < -0.4 is 0 Å². The van der Waals surface area contributed by atoms with Gasteiger partial charge in [-0.3, -0.25) is 0 Å². The van der Waals surface area contributed by atoms with Gasteiger partial charge in [-0.2, -0.15) is 0 Å². The molecule has 0 N–H and O–H groups in total. The van der Waals surface area contributed by atoms with Crippen LogP contribution in [-0.2, 0) is 0 Å². The molecule has 0 heterocycles. The van der Waals surface area contributed by atoms with Crippen molar-refractivity contribution in [3.05, 3.63) is 30.3 Å². The van der Waals surface area contributed by atoms with E-state index < -0.39 is 6.43 Å². The topological polar surface area (TPSA) is 0 Å². The second-order valence-corrected chi connectivity index (χ2v) is 4.22. The minimum atomic E-state index is -2.14. The number of rotatable bonds is 6. The Morgan fingerprint density at radius 2 is 1.79 bits per heavy atom. The number of unbranched alkanes of at least 4 members (excludes halogenated alkanes) is 1. The molecule has 1 aromatic carbocycles. The van der Waals surface area contributed by atoms with Crippen LogP contribution in [0.5, 0.6) is 0 Å². The highest BCUT2D eigenvalue weighted by atomic mass is 32.2. The van der Waals surface area contributed by atoms with Gasteiger partial charge in [-0.15, -0.1) is 11.8 Å². The first kappa shape index (κ1) is 11.5. The largest absolute Gasteiger partial charge is 0.238 e. The lowest BCUT2D eigenvalue weighted by Crippen LogP contribution is -1.90. The second-order valence-electron chi connectivity index (χ2n) is 3.05. The van der Waals surface area contributed by atoms with E-state index in [0.717, 1.165) is 12.2 Å². The number of halogens is 2. The Morgan fingerprint density at radius 1 is 1.07 bits per heavy atom. The summed E-state index contributed by atoms with van der Waals surface area (Å²) in [5.41, 5.74) is 0. The van der Waals surface area contributed by atoms with Gasteiger partial charge < -0.3 is 0 Å². The molecular formula is C11H14F2S. The van der Waals surface area contributed by atoms with Gasteiger partial charge in [0.15, 0.2) is 0 Å². The molecule has 0 bridgehead atoms. The summed E-state index contributed by atoms with van der Waals surface area (Å²) in [6, 6.07) is 10.0. The van der Waals surface area contributed by atoms with Crippen LogP contribution in [0.15, 0.2) is 35.2 Å². The smallest absolute Gasteiger partial charge is 0.211 e. The molecule has 0 saturated carbocycles. The highest BCUT2D eigenvalue weighted by Gasteiger charge is 2.01. The third-order valence-electron chi connectivity index (χ3n) is 1.83. The zero-order chi connectivity index (χ0) is 10.2. The van der Waals surface area contributed by atoms with Crippen molar-refractivity contribution in [1.82, 2.24) is 0 Å². The quantitative estimate of drug-likeness (QED) is 0.507. The van der Waals surface area contributed by atoms with E-state index in [4.69, 9.17) is 0 Å². The molecule has 0 aliphatic heterocycles. The number of hydrogen-bond acceptors (Lipinski definition) is 1. The Hall–Kier alpha value is -0.570. The maximum atomic E-state index is 11.8. The van der Waals surface area contributed by atoms with Crippen LogP contribution in [0.25, 0.3) is 0 Å². The van der Waals surface area contributed by atoms with Crippen molar-refractivity contribution >= 4 is 11.8 Å². The lowest BCUT2D eigenvalue weighted by atomic mass is 10.3. The van der Waals surface area contributed by atoms with Crippen LogP contribution in [0.2, 0.25) is 0 Å². The molecule has 0 saturated heterocycles. The molecule has 0 aromatic heterocycles. The van der Waals surface area contributed by atoms with Crippen LogP contribution in [0.4, 0.5) is 8.78 Å². The molecule has 14 heavy (non-hydrogen) atoms. The molecule has 0 fully saturated rings.